The smallest absolute Gasteiger partial charge is 0.255 e. The first kappa shape index (κ1) is 14.3. The molecule has 4 heteroatoms. The zero-order chi connectivity index (χ0) is 14.1. The van der Waals surface area contributed by atoms with Crippen LogP contribution in [0.25, 0.3) is 0 Å². The second-order valence-electron chi connectivity index (χ2n) is 5.92. The Morgan fingerprint density at radius 2 is 1.95 bits per heavy atom. The first-order valence-electron chi connectivity index (χ1n) is 7.46. The standard InChI is InChI=1S/C16H20ClNOS/c17-14-8-7-12(20)10-13(14)16(19)18-9-3-6-15(18)11-4-1-2-5-11/h7-8,10-11,15,20H,1-6,9H2. The van der Waals surface area contributed by atoms with Gasteiger partial charge < -0.3 is 4.90 Å². The van der Waals surface area contributed by atoms with Crippen molar-refractivity contribution >= 4 is 30.1 Å². The summed E-state index contributed by atoms with van der Waals surface area (Å²) in [5.74, 6) is 0.778. The van der Waals surface area contributed by atoms with Gasteiger partial charge in [-0.15, -0.1) is 12.6 Å². The fraction of sp³-hybridized carbons (Fsp3) is 0.562. The molecule has 1 saturated heterocycles. The Kier molecular flexibility index (Phi) is 4.27. The molecule has 1 atom stereocenters. The summed E-state index contributed by atoms with van der Waals surface area (Å²) >= 11 is 10.5. The minimum atomic E-state index is 0.0836. The van der Waals surface area contributed by atoms with Crippen LogP contribution in [0.4, 0.5) is 0 Å². The molecule has 1 aromatic rings. The van der Waals surface area contributed by atoms with Crippen LogP contribution < -0.4 is 0 Å². The van der Waals surface area contributed by atoms with Gasteiger partial charge in [0.15, 0.2) is 0 Å². The van der Waals surface area contributed by atoms with Gasteiger partial charge in [0, 0.05) is 17.5 Å². The summed E-state index contributed by atoms with van der Waals surface area (Å²) in [4.78, 5) is 15.6. The number of hydrogen-bond acceptors (Lipinski definition) is 2. The Morgan fingerprint density at radius 3 is 2.70 bits per heavy atom. The van der Waals surface area contributed by atoms with Crippen molar-refractivity contribution < 1.29 is 4.79 Å². The van der Waals surface area contributed by atoms with Gasteiger partial charge in [-0.3, -0.25) is 4.79 Å². The lowest BCUT2D eigenvalue weighted by Crippen LogP contribution is -2.39. The highest BCUT2D eigenvalue weighted by Crippen LogP contribution is 2.36. The Hall–Kier alpha value is -0.670. The molecule has 20 heavy (non-hydrogen) atoms. The van der Waals surface area contributed by atoms with Gasteiger partial charge in [0.2, 0.25) is 0 Å². The lowest BCUT2D eigenvalue weighted by atomic mass is 9.95. The van der Waals surface area contributed by atoms with Crippen LogP contribution >= 0.6 is 24.2 Å². The van der Waals surface area contributed by atoms with E-state index in [1.165, 1.54) is 25.7 Å². The third-order valence-electron chi connectivity index (χ3n) is 4.68. The summed E-state index contributed by atoms with van der Waals surface area (Å²) in [6.07, 6.45) is 7.44. The van der Waals surface area contributed by atoms with E-state index in [9.17, 15) is 4.79 Å². The van der Waals surface area contributed by atoms with Crippen LogP contribution in [0, 0.1) is 5.92 Å². The number of benzene rings is 1. The minimum absolute atomic E-state index is 0.0836. The van der Waals surface area contributed by atoms with Crippen LogP contribution in [-0.2, 0) is 0 Å². The Labute approximate surface area is 130 Å². The Morgan fingerprint density at radius 1 is 1.20 bits per heavy atom. The fourth-order valence-corrected chi connectivity index (χ4v) is 4.11. The predicted octanol–water partition coefficient (Wildman–Crippen LogP) is 4.42. The number of halogens is 1. The lowest BCUT2D eigenvalue weighted by molar-refractivity contribution is 0.0689. The minimum Gasteiger partial charge on any atom is -0.335 e. The summed E-state index contributed by atoms with van der Waals surface area (Å²) in [5, 5.41) is 0.532. The molecule has 1 aliphatic carbocycles. The van der Waals surface area contributed by atoms with Crippen molar-refractivity contribution in [3.63, 3.8) is 0 Å². The summed E-state index contributed by atoms with van der Waals surface area (Å²) in [5.41, 5.74) is 0.601. The van der Waals surface area contributed by atoms with Gasteiger partial charge in [-0.25, -0.2) is 0 Å². The molecule has 1 aromatic carbocycles. The molecule has 1 amide bonds. The summed E-state index contributed by atoms with van der Waals surface area (Å²) in [6.45, 7) is 0.868. The molecule has 1 saturated carbocycles. The van der Waals surface area contributed by atoms with E-state index < -0.39 is 0 Å². The van der Waals surface area contributed by atoms with Crippen molar-refractivity contribution in [2.75, 3.05) is 6.54 Å². The third-order valence-corrected chi connectivity index (χ3v) is 5.29. The Balaban J connectivity index is 1.83. The second kappa shape index (κ2) is 5.98. The topological polar surface area (TPSA) is 20.3 Å². The number of carbonyl (C=O) groups excluding carboxylic acids is 1. The van der Waals surface area contributed by atoms with Crippen molar-refractivity contribution in [2.45, 2.75) is 49.5 Å². The molecule has 2 aliphatic rings. The molecular weight excluding hydrogens is 290 g/mol. The van der Waals surface area contributed by atoms with E-state index >= 15 is 0 Å². The van der Waals surface area contributed by atoms with Gasteiger partial charge in [0.05, 0.1) is 10.6 Å². The van der Waals surface area contributed by atoms with E-state index in [-0.39, 0.29) is 5.91 Å². The monoisotopic (exact) mass is 309 g/mol. The molecule has 0 bridgehead atoms. The summed E-state index contributed by atoms with van der Waals surface area (Å²) in [6, 6.07) is 5.79. The number of nitrogens with zero attached hydrogens (tertiary/aromatic N) is 1. The first-order valence-corrected chi connectivity index (χ1v) is 8.29. The lowest BCUT2D eigenvalue weighted by Gasteiger charge is -2.29. The van der Waals surface area contributed by atoms with Crippen molar-refractivity contribution in [1.29, 1.82) is 0 Å². The molecule has 108 valence electrons. The van der Waals surface area contributed by atoms with Crippen LogP contribution in [0.3, 0.4) is 0 Å². The van der Waals surface area contributed by atoms with Crippen LogP contribution in [0.1, 0.15) is 48.9 Å². The average Bonchev–Trinajstić information content (AvgIpc) is 3.10. The first-order chi connectivity index (χ1) is 9.66. The normalized spacial score (nSPS) is 23.5. The Bertz CT molecular complexity index is 513. The third kappa shape index (κ3) is 2.71. The van der Waals surface area contributed by atoms with Gasteiger partial charge >= 0.3 is 0 Å². The van der Waals surface area contributed by atoms with Crippen LogP contribution in [0.5, 0.6) is 0 Å². The van der Waals surface area contributed by atoms with Crippen LogP contribution in [0.15, 0.2) is 23.1 Å². The van der Waals surface area contributed by atoms with Crippen molar-refractivity contribution in [3.8, 4) is 0 Å². The number of likely N-dealkylation sites (tertiary alicyclic amines) is 1. The largest absolute Gasteiger partial charge is 0.335 e. The quantitative estimate of drug-likeness (QED) is 0.802. The van der Waals surface area contributed by atoms with Gasteiger partial charge in [0.1, 0.15) is 0 Å². The maximum atomic E-state index is 12.8. The maximum absolute atomic E-state index is 12.8. The molecule has 1 unspecified atom stereocenters. The SMILES string of the molecule is O=C(c1cc(S)ccc1Cl)N1CCCC1C1CCCC1. The van der Waals surface area contributed by atoms with Gasteiger partial charge in [-0.1, -0.05) is 24.4 Å². The van der Waals surface area contributed by atoms with E-state index in [2.05, 4.69) is 17.5 Å². The van der Waals surface area contributed by atoms with Gasteiger partial charge in [-0.2, -0.15) is 0 Å². The van der Waals surface area contributed by atoms with E-state index in [0.29, 0.717) is 22.5 Å². The van der Waals surface area contributed by atoms with Crippen LogP contribution in [-0.4, -0.2) is 23.4 Å². The molecule has 2 nitrogen and oxygen atoms in total. The molecule has 1 heterocycles. The van der Waals surface area contributed by atoms with Gasteiger partial charge in [0.25, 0.3) is 5.91 Å². The molecule has 1 aliphatic heterocycles. The highest BCUT2D eigenvalue weighted by molar-refractivity contribution is 7.80. The number of rotatable bonds is 2. The number of hydrogen-bond donors (Lipinski definition) is 1. The molecular formula is C16H20ClNOS. The number of carbonyl (C=O) groups is 1. The molecule has 0 spiro atoms. The fourth-order valence-electron chi connectivity index (χ4n) is 3.71. The molecule has 0 aromatic heterocycles. The second-order valence-corrected chi connectivity index (χ2v) is 6.84. The maximum Gasteiger partial charge on any atom is 0.255 e. The highest BCUT2D eigenvalue weighted by atomic mass is 35.5. The van der Waals surface area contributed by atoms with E-state index in [1.54, 1.807) is 12.1 Å². The highest BCUT2D eigenvalue weighted by Gasteiger charge is 2.36. The summed E-state index contributed by atoms with van der Waals surface area (Å²) < 4.78 is 0. The molecule has 3 rings (SSSR count). The predicted molar refractivity (Wildman–Crippen MR) is 84.7 cm³/mol. The number of amides is 1. The van der Waals surface area contributed by atoms with Crippen molar-refractivity contribution in [2.24, 2.45) is 5.92 Å². The summed E-state index contributed by atoms with van der Waals surface area (Å²) in [7, 11) is 0. The van der Waals surface area contributed by atoms with Crippen LogP contribution in [0.2, 0.25) is 5.02 Å². The van der Waals surface area contributed by atoms with E-state index in [4.69, 9.17) is 11.6 Å². The van der Waals surface area contributed by atoms with Crippen molar-refractivity contribution in [3.05, 3.63) is 28.8 Å². The zero-order valence-electron chi connectivity index (χ0n) is 11.5. The molecule has 2 fully saturated rings. The average molecular weight is 310 g/mol. The van der Waals surface area contributed by atoms with E-state index in [1.807, 2.05) is 6.07 Å². The van der Waals surface area contributed by atoms with Gasteiger partial charge in [-0.05, 0) is 49.8 Å². The van der Waals surface area contributed by atoms with Crippen molar-refractivity contribution in [1.82, 2.24) is 4.90 Å². The zero-order valence-corrected chi connectivity index (χ0v) is 13.2. The molecule has 0 radical (unpaired) electrons. The number of thiol groups is 1. The van der Waals surface area contributed by atoms with E-state index in [0.717, 1.165) is 24.3 Å². The molecule has 0 N–H and O–H groups in total.